The van der Waals surface area contributed by atoms with Crippen LogP contribution >= 0.6 is 0 Å². The summed E-state index contributed by atoms with van der Waals surface area (Å²) >= 11 is 0. The number of aryl methyl sites for hydroxylation is 1. The van der Waals surface area contributed by atoms with Gasteiger partial charge in [0.1, 0.15) is 0 Å². The Hall–Kier alpha value is -3.15. The number of benzene rings is 1. The summed E-state index contributed by atoms with van der Waals surface area (Å²) in [6, 6.07) is 8.08. The SMILES string of the molecule is CCN1C(=O)C(CC(/C=C\N)=C/N)(Cc2ccnnc2)c2cc(C)ccc21. The van der Waals surface area contributed by atoms with Crippen LogP contribution in [0.1, 0.15) is 30.0 Å². The van der Waals surface area contributed by atoms with E-state index < -0.39 is 5.41 Å². The number of hydrogen-bond donors (Lipinski definition) is 2. The van der Waals surface area contributed by atoms with Gasteiger partial charge in [0.2, 0.25) is 5.91 Å². The number of fused-ring (bicyclic) bond motifs is 1. The highest BCUT2D eigenvalue weighted by atomic mass is 16.2. The number of rotatable bonds is 6. The largest absolute Gasteiger partial charge is 0.405 e. The molecular formula is C21H25N5O. The van der Waals surface area contributed by atoms with E-state index in [1.165, 1.54) is 12.4 Å². The van der Waals surface area contributed by atoms with E-state index >= 15 is 0 Å². The molecule has 1 aliphatic heterocycles. The smallest absolute Gasteiger partial charge is 0.238 e. The van der Waals surface area contributed by atoms with Crippen molar-refractivity contribution in [1.82, 2.24) is 10.2 Å². The van der Waals surface area contributed by atoms with E-state index in [0.717, 1.165) is 28.0 Å². The minimum absolute atomic E-state index is 0.0761. The van der Waals surface area contributed by atoms with Crippen LogP contribution in [0, 0.1) is 6.92 Å². The van der Waals surface area contributed by atoms with E-state index in [4.69, 9.17) is 11.5 Å². The Balaban J connectivity index is 2.20. The summed E-state index contributed by atoms with van der Waals surface area (Å²) in [6.07, 6.45) is 9.07. The predicted molar refractivity (Wildman–Crippen MR) is 107 cm³/mol. The lowest BCUT2D eigenvalue weighted by atomic mass is 9.72. The first-order chi connectivity index (χ1) is 13.1. The average Bonchev–Trinajstić information content (AvgIpc) is 2.90. The van der Waals surface area contributed by atoms with Crippen LogP contribution in [-0.4, -0.2) is 22.6 Å². The second-order valence-electron chi connectivity index (χ2n) is 6.86. The van der Waals surface area contributed by atoms with Crippen molar-refractivity contribution in [1.29, 1.82) is 0 Å². The molecule has 6 nitrogen and oxygen atoms in total. The molecule has 1 aliphatic rings. The molecule has 0 saturated heterocycles. The van der Waals surface area contributed by atoms with Crippen molar-refractivity contribution >= 4 is 11.6 Å². The third kappa shape index (κ3) is 3.30. The summed E-state index contributed by atoms with van der Waals surface area (Å²) in [7, 11) is 0. The van der Waals surface area contributed by atoms with Gasteiger partial charge in [-0.05, 0) is 74.0 Å². The zero-order valence-corrected chi connectivity index (χ0v) is 15.7. The van der Waals surface area contributed by atoms with Gasteiger partial charge in [-0.15, -0.1) is 0 Å². The van der Waals surface area contributed by atoms with Crippen molar-refractivity contribution in [2.75, 3.05) is 11.4 Å². The van der Waals surface area contributed by atoms with Gasteiger partial charge >= 0.3 is 0 Å². The molecule has 4 N–H and O–H groups in total. The molecule has 0 saturated carbocycles. The third-order valence-corrected chi connectivity index (χ3v) is 5.11. The number of hydrogen-bond acceptors (Lipinski definition) is 5. The molecule has 1 aromatic carbocycles. The highest BCUT2D eigenvalue weighted by molar-refractivity contribution is 6.08. The summed E-state index contributed by atoms with van der Waals surface area (Å²) in [5.74, 6) is 0.0761. The van der Waals surface area contributed by atoms with E-state index in [-0.39, 0.29) is 5.91 Å². The van der Waals surface area contributed by atoms with Crippen LogP contribution < -0.4 is 16.4 Å². The van der Waals surface area contributed by atoms with Crippen LogP contribution in [-0.2, 0) is 16.6 Å². The molecule has 1 unspecified atom stereocenters. The second kappa shape index (κ2) is 7.61. The monoisotopic (exact) mass is 363 g/mol. The molecule has 140 valence electrons. The number of nitrogens with two attached hydrogens (primary N) is 2. The summed E-state index contributed by atoms with van der Waals surface area (Å²) in [5, 5.41) is 7.84. The standard InChI is InChI=1S/C21H25N5O/c1-3-26-19-5-4-15(2)10-18(19)21(20(26)27,11-16(13-23)6-8-22)12-17-7-9-24-25-14-17/h4-10,13-14H,3,11-12,22-23H2,1-2H3/b8-6-,16-13+. The lowest BCUT2D eigenvalue weighted by Gasteiger charge is -2.29. The van der Waals surface area contributed by atoms with Gasteiger partial charge in [-0.2, -0.15) is 10.2 Å². The fourth-order valence-electron chi connectivity index (χ4n) is 3.89. The third-order valence-electron chi connectivity index (χ3n) is 5.11. The van der Waals surface area contributed by atoms with Crippen LogP contribution in [0.3, 0.4) is 0 Å². The molecule has 2 heterocycles. The molecule has 1 atom stereocenters. The molecule has 6 heteroatoms. The van der Waals surface area contributed by atoms with Crippen LogP contribution in [0.5, 0.6) is 0 Å². The lowest BCUT2D eigenvalue weighted by molar-refractivity contribution is -0.123. The highest BCUT2D eigenvalue weighted by Crippen LogP contribution is 2.47. The maximum Gasteiger partial charge on any atom is 0.238 e. The topological polar surface area (TPSA) is 98.1 Å². The first-order valence-electron chi connectivity index (χ1n) is 9.03. The van der Waals surface area contributed by atoms with E-state index in [9.17, 15) is 4.79 Å². The van der Waals surface area contributed by atoms with Crippen molar-refractivity contribution < 1.29 is 4.79 Å². The number of allylic oxidation sites excluding steroid dienone is 2. The molecule has 2 aromatic rings. The van der Waals surface area contributed by atoms with Gasteiger partial charge in [0.25, 0.3) is 0 Å². The molecule has 1 aromatic heterocycles. The summed E-state index contributed by atoms with van der Waals surface area (Å²) < 4.78 is 0. The van der Waals surface area contributed by atoms with Crippen molar-refractivity contribution in [3.8, 4) is 0 Å². The summed E-state index contributed by atoms with van der Waals surface area (Å²) in [4.78, 5) is 15.5. The maximum absolute atomic E-state index is 13.7. The van der Waals surface area contributed by atoms with Gasteiger partial charge in [-0.1, -0.05) is 17.7 Å². The van der Waals surface area contributed by atoms with Gasteiger partial charge in [-0.3, -0.25) is 4.79 Å². The minimum Gasteiger partial charge on any atom is -0.405 e. The van der Waals surface area contributed by atoms with Crippen molar-refractivity contribution in [2.45, 2.75) is 32.1 Å². The fraction of sp³-hybridized carbons (Fsp3) is 0.286. The van der Waals surface area contributed by atoms with E-state index in [2.05, 4.69) is 16.3 Å². The van der Waals surface area contributed by atoms with Gasteiger partial charge < -0.3 is 16.4 Å². The molecule has 0 aliphatic carbocycles. The van der Waals surface area contributed by atoms with Crippen LogP contribution in [0.25, 0.3) is 0 Å². The Morgan fingerprint density at radius 2 is 2.07 bits per heavy atom. The first kappa shape index (κ1) is 18.6. The molecule has 3 rings (SSSR count). The second-order valence-corrected chi connectivity index (χ2v) is 6.86. The quantitative estimate of drug-likeness (QED) is 0.768. The van der Waals surface area contributed by atoms with Gasteiger partial charge in [0, 0.05) is 18.4 Å². The zero-order valence-electron chi connectivity index (χ0n) is 15.7. The number of anilines is 1. The molecule has 0 bridgehead atoms. The predicted octanol–water partition coefficient (Wildman–Crippen LogP) is 2.34. The van der Waals surface area contributed by atoms with E-state index in [1.54, 1.807) is 18.5 Å². The lowest BCUT2D eigenvalue weighted by Crippen LogP contribution is -2.42. The van der Waals surface area contributed by atoms with Crippen LogP contribution in [0.2, 0.25) is 0 Å². The Kier molecular flexibility index (Phi) is 5.26. The number of carbonyl (C=O) groups excluding carboxylic acids is 1. The Bertz CT molecular complexity index is 891. The average molecular weight is 363 g/mol. The Morgan fingerprint density at radius 3 is 2.70 bits per heavy atom. The van der Waals surface area contributed by atoms with Gasteiger partial charge in [0.15, 0.2) is 0 Å². The molecular weight excluding hydrogens is 338 g/mol. The van der Waals surface area contributed by atoms with Crippen LogP contribution in [0.4, 0.5) is 5.69 Å². The number of nitrogens with zero attached hydrogens (tertiary/aromatic N) is 3. The molecule has 0 radical (unpaired) electrons. The zero-order chi connectivity index (χ0) is 19.4. The molecule has 1 amide bonds. The van der Waals surface area contributed by atoms with Gasteiger partial charge in [-0.25, -0.2) is 0 Å². The van der Waals surface area contributed by atoms with Crippen LogP contribution in [0.15, 0.2) is 60.7 Å². The van der Waals surface area contributed by atoms with E-state index in [0.29, 0.717) is 19.4 Å². The summed E-state index contributed by atoms with van der Waals surface area (Å²) in [6.45, 7) is 4.64. The Morgan fingerprint density at radius 1 is 1.26 bits per heavy atom. The van der Waals surface area contributed by atoms with Gasteiger partial charge in [0.05, 0.1) is 11.6 Å². The van der Waals surface area contributed by atoms with E-state index in [1.807, 2.05) is 36.9 Å². The first-order valence-corrected chi connectivity index (χ1v) is 9.03. The van der Waals surface area contributed by atoms with Crippen molar-refractivity contribution in [3.05, 3.63) is 77.4 Å². The van der Waals surface area contributed by atoms with Crippen molar-refractivity contribution in [3.63, 3.8) is 0 Å². The number of carbonyl (C=O) groups is 1. The number of likely N-dealkylation sites (N-methyl/N-ethyl adjacent to an activating group) is 1. The molecule has 0 spiro atoms. The molecule has 0 fully saturated rings. The minimum atomic E-state index is -0.759. The normalized spacial score (nSPS) is 19.7. The number of aromatic nitrogens is 2. The summed E-state index contributed by atoms with van der Waals surface area (Å²) in [5.41, 5.74) is 15.5. The van der Waals surface area contributed by atoms with Crippen molar-refractivity contribution in [2.24, 2.45) is 11.5 Å². The molecule has 27 heavy (non-hydrogen) atoms. The fourth-order valence-corrected chi connectivity index (χ4v) is 3.89. The number of amides is 1. The maximum atomic E-state index is 13.7. The highest BCUT2D eigenvalue weighted by Gasteiger charge is 2.50. The Labute approximate surface area is 159 Å².